The first-order valence-electron chi connectivity index (χ1n) is 5.11. The third-order valence-electron chi connectivity index (χ3n) is 2.24. The summed E-state index contributed by atoms with van der Waals surface area (Å²) < 4.78 is 10.7. The third-order valence-corrected chi connectivity index (χ3v) is 2.24. The molecule has 0 unspecified atom stereocenters. The predicted molar refractivity (Wildman–Crippen MR) is 59.3 cm³/mol. The van der Waals surface area contributed by atoms with Crippen molar-refractivity contribution < 1.29 is 9.15 Å². The first-order chi connectivity index (χ1) is 8.19. The minimum atomic E-state index is 0.205. The molecule has 5 heteroatoms. The summed E-state index contributed by atoms with van der Waals surface area (Å²) in [5.74, 6) is 1.58. The lowest BCUT2D eigenvalue weighted by Crippen LogP contribution is -1.97. The molecule has 0 atom stereocenters. The van der Waals surface area contributed by atoms with Crippen LogP contribution < -0.4 is 4.74 Å². The van der Waals surface area contributed by atoms with E-state index in [-0.39, 0.29) is 6.61 Å². The van der Waals surface area contributed by atoms with Crippen molar-refractivity contribution >= 4 is 0 Å². The van der Waals surface area contributed by atoms with Gasteiger partial charge in [-0.15, -0.1) is 10.2 Å². The summed E-state index contributed by atoms with van der Waals surface area (Å²) in [5.41, 5.74) is 1.52. The van der Waals surface area contributed by atoms with Gasteiger partial charge in [-0.2, -0.15) is 5.26 Å². The van der Waals surface area contributed by atoms with Crippen LogP contribution in [0.25, 0.3) is 0 Å². The molecule has 1 aromatic heterocycles. The van der Waals surface area contributed by atoms with Crippen LogP contribution in [0, 0.1) is 25.2 Å². The van der Waals surface area contributed by atoms with E-state index in [1.807, 2.05) is 13.0 Å². The standard InChI is InChI=1S/C12H11N3O2/c1-8-3-4-10(6-13)5-11(8)16-7-12-15-14-9(2)17-12/h3-5H,7H2,1-2H3. The number of aromatic nitrogens is 2. The Balaban J connectivity index is 2.11. The minimum Gasteiger partial charge on any atom is -0.483 e. The van der Waals surface area contributed by atoms with E-state index < -0.39 is 0 Å². The summed E-state index contributed by atoms with van der Waals surface area (Å²) in [7, 11) is 0. The molecule has 0 saturated heterocycles. The monoisotopic (exact) mass is 229 g/mol. The molecule has 0 N–H and O–H groups in total. The van der Waals surface area contributed by atoms with Gasteiger partial charge in [0.1, 0.15) is 5.75 Å². The van der Waals surface area contributed by atoms with E-state index in [2.05, 4.69) is 16.3 Å². The Labute approximate surface area is 98.7 Å². The van der Waals surface area contributed by atoms with E-state index in [0.717, 1.165) is 5.56 Å². The van der Waals surface area contributed by atoms with Gasteiger partial charge in [0, 0.05) is 6.92 Å². The van der Waals surface area contributed by atoms with E-state index >= 15 is 0 Å². The molecule has 2 rings (SSSR count). The summed E-state index contributed by atoms with van der Waals surface area (Å²) in [6.07, 6.45) is 0. The van der Waals surface area contributed by atoms with Crippen LogP contribution >= 0.6 is 0 Å². The SMILES string of the molecule is Cc1nnc(COc2cc(C#N)ccc2C)o1. The molecule has 0 radical (unpaired) electrons. The van der Waals surface area contributed by atoms with Crippen molar-refractivity contribution in [3.63, 3.8) is 0 Å². The molecule has 0 saturated carbocycles. The molecule has 1 heterocycles. The quantitative estimate of drug-likeness (QED) is 0.806. The van der Waals surface area contributed by atoms with Gasteiger partial charge >= 0.3 is 0 Å². The second kappa shape index (κ2) is 4.66. The molecule has 0 aliphatic heterocycles. The maximum Gasteiger partial charge on any atom is 0.253 e. The first kappa shape index (κ1) is 11.1. The molecule has 0 spiro atoms. The van der Waals surface area contributed by atoms with Crippen molar-refractivity contribution in [2.24, 2.45) is 0 Å². The second-order valence-corrected chi connectivity index (χ2v) is 3.60. The Kier molecular flexibility index (Phi) is 3.06. The minimum absolute atomic E-state index is 0.205. The number of ether oxygens (including phenoxy) is 1. The van der Waals surface area contributed by atoms with E-state index in [0.29, 0.717) is 23.1 Å². The van der Waals surface area contributed by atoms with Crippen molar-refractivity contribution in [1.82, 2.24) is 10.2 Å². The number of hydrogen-bond acceptors (Lipinski definition) is 5. The van der Waals surface area contributed by atoms with Gasteiger partial charge < -0.3 is 9.15 Å². The zero-order chi connectivity index (χ0) is 12.3. The highest BCUT2D eigenvalue weighted by molar-refractivity contribution is 5.41. The molecule has 2 aromatic rings. The lowest BCUT2D eigenvalue weighted by atomic mass is 10.1. The maximum absolute atomic E-state index is 8.80. The van der Waals surface area contributed by atoms with Gasteiger partial charge in [-0.3, -0.25) is 0 Å². The Morgan fingerprint density at radius 3 is 2.82 bits per heavy atom. The van der Waals surface area contributed by atoms with E-state index in [9.17, 15) is 0 Å². The Bertz CT molecular complexity index is 569. The van der Waals surface area contributed by atoms with Gasteiger partial charge in [0.2, 0.25) is 5.89 Å². The number of nitrogens with zero attached hydrogens (tertiary/aromatic N) is 3. The smallest absolute Gasteiger partial charge is 0.253 e. The van der Waals surface area contributed by atoms with Gasteiger partial charge in [-0.05, 0) is 24.6 Å². The van der Waals surface area contributed by atoms with Gasteiger partial charge in [0.05, 0.1) is 11.6 Å². The van der Waals surface area contributed by atoms with E-state index in [1.54, 1.807) is 19.1 Å². The van der Waals surface area contributed by atoms with Crippen molar-refractivity contribution in [2.75, 3.05) is 0 Å². The number of rotatable bonds is 3. The molecular weight excluding hydrogens is 218 g/mol. The zero-order valence-electron chi connectivity index (χ0n) is 9.60. The predicted octanol–water partition coefficient (Wildman–Crippen LogP) is 2.14. The molecule has 1 aromatic carbocycles. The number of hydrogen-bond donors (Lipinski definition) is 0. The normalized spacial score (nSPS) is 9.94. The second-order valence-electron chi connectivity index (χ2n) is 3.60. The highest BCUT2D eigenvalue weighted by Crippen LogP contribution is 2.20. The van der Waals surface area contributed by atoms with Crippen molar-refractivity contribution in [1.29, 1.82) is 5.26 Å². The maximum atomic E-state index is 8.80. The van der Waals surface area contributed by atoms with Crippen LogP contribution in [0.5, 0.6) is 5.75 Å². The van der Waals surface area contributed by atoms with Gasteiger partial charge in [-0.1, -0.05) is 6.07 Å². The third kappa shape index (κ3) is 2.61. The lowest BCUT2D eigenvalue weighted by molar-refractivity contribution is 0.259. The van der Waals surface area contributed by atoms with Crippen LogP contribution in [0.2, 0.25) is 0 Å². The van der Waals surface area contributed by atoms with E-state index in [1.165, 1.54) is 0 Å². The summed E-state index contributed by atoms with van der Waals surface area (Å²) in [4.78, 5) is 0. The average Bonchev–Trinajstić information content (AvgIpc) is 2.74. The van der Waals surface area contributed by atoms with Gasteiger partial charge in [0.15, 0.2) is 6.61 Å². The fraction of sp³-hybridized carbons (Fsp3) is 0.250. The fourth-order valence-electron chi connectivity index (χ4n) is 1.36. The molecule has 0 fully saturated rings. The number of nitriles is 1. The molecule has 17 heavy (non-hydrogen) atoms. The molecule has 86 valence electrons. The molecule has 0 bridgehead atoms. The summed E-state index contributed by atoms with van der Waals surface area (Å²) in [5, 5.41) is 16.3. The molecule has 0 amide bonds. The molecule has 0 aliphatic rings. The number of aryl methyl sites for hydroxylation is 2. The van der Waals surface area contributed by atoms with Crippen molar-refractivity contribution in [3.8, 4) is 11.8 Å². The van der Waals surface area contributed by atoms with Crippen LogP contribution in [0.15, 0.2) is 22.6 Å². The Hall–Kier alpha value is -2.35. The summed E-state index contributed by atoms with van der Waals surface area (Å²) in [6.45, 7) is 3.84. The van der Waals surface area contributed by atoms with Crippen LogP contribution in [0.4, 0.5) is 0 Å². The molecular formula is C12H11N3O2. The van der Waals surface area contributed by atoms with Crippen molar-refractivity contribution in [2.45, 2.75) is 20.5 Å². The van der Waals surface area contributed by atoms with Crippen LogP contribution in [-0.4, -0.2) is 10.2 Å². The van der Waals surface area contributed by atoms with Gasteiger partial charge in [0.25, 0.3) is 5.89 Å². The Morgan fingerprint density at radius 2 is 2.18 bits per heavy atom. The average molecular weight is 229 g/mol. The lowest BCUT2D eigenvalue weighted by Gasteiger charge is -2.06. The van der Waals surface area contributed by atoms with Gasteiger partial charge in [-0.25, -0.2) is 0 Å². The summed E-state index contributed by atoms with van der Waals surface area (Å²) >= 11 is 0. The van der Waals surface area contributed by atoms with Crippen LogP contribution in [0.3, 0.4) is 0 Å². The molecule has 0 aliphatic carbocycles. The largest absolute Gasteiger partial charge is 0.483 e. The summed E-state index contributed by atoms with van der Waals surface area (Å²) in [6, 6.07) is 7.35. The number of benzene rings is 1. The highest BCUT2D eigenvalue weighted by atomic mass is 16.5. The highest BCUT2D eigenvalue weighted by Gasteiger charge is 2.06. The van der Waals surface area contributed by atoms with Crippen LogP contribution in [0.1, 0.15) is 22.9 Å². The van der Waals surface area contributed by atoms with Crippen molar-refractivity contribution in [3.05, 3.63) is 41.1 Å². The first-order valence-corrected chi connectivity index (χ1v) is 5.11. The van der Waals surface area contributed by atoms with E-state index in [4.69, 9.17) is 14.4 Å². The topological polar surface area (TPSA) is 71.9 Å². The molecule has 5 nitrogen and oxygen atoms in total. The zero-order valence-corrected chi connectivity index (χ0v) is 9.60. The Morgan fingerprint density at radius 1 is 1.35 bits per heavy atom. The fourth-order valence-corrected chi connectivity index (χ4v) is 1.36. The van der Waals surface area contributed by atoms with Crippen LogP contribution in [-0.2, 0) is 6.61 Å².